The third kappa shape index (κ3) is 5.18. The minimum Gasteiger partial charge on any atom is -0.497 e. The van der Waals surface area contributed by atoms with Crippen LogP contribution < -0.4 is 10.1 Å². The van der Waals surface area contributed by atoms with Gasteiger partial charge in [0.1, 0.15) is 17.9 Å². The molecule has 0 saturated carbocycles. The molecule has 0 bridgehead atoms. The monoisotopic (exact) mass is 489 g/mol. The van der Waals surface area contributed by atoms with E-state index in [1.165, 1.54) is 0 Å². The number of ether oxygens (including phenoxy) is 1. The maximum atomic E-state index is 11.4. The van der Waals surface area contributed by atoms with Gasteiger partial charge in [-0.15, -0.1) is 0 Å². The second kappa shape index (κ2) is 10.6. The highest BCUT2D eigenvalue weighted by molar-refractivity contribution is 5.84. The number of likely N-dealkylation sites (tertiary alicyclic amines) is 1. The quantitative estimate of drug-likeness (QED) is 0.329. The zero-order valence-electron chi connectivity index (χ0n) is 20.3. The fraction of sp³-hybridized carbons (Fsp3) is 0.370. The van der Waals surface area contributed by atoms with Gasteiger partial charge in [-0.1, -0.05) is 0 Å². The number of aliphatic carboxylic acids is 1. The third-order valence-corrected chi connectivity index (χ3v) is 6.97. The Labute approximate surface area is 209 Å². The van der Waals surface area contributed by atoms with Gasteiger partial charge in [0.25, 0.3) is 0 Å². The number of carbonyl (C=O) groups is 1. The number of benzene rings is 1. The summed E-state index contributed by atoms with van der Waals surface area (Å²) >= 11 is 0. The Hall–Kier alpha value is -3.53. The summed E-state index contributed by atoms with van der Waals surface area (Å²) in [6, 6.07) is 13.7. The first-order valence-electron chi connectivity index (χ1n) is 12.2. The number of nitrogens with one attached hydrogen (secondary N) is 1. The van der Waals surface area contributed by atoms with Crippen molar-refractivity contribution in [3.8, 4) is 5.75 Å². The van der Waals surface area contributed by atoms with E-state index in [1.807, 2.05) is 42.5 Å². The van der Waals surface area contributed by atoms with Crippen molar-refractivity contribution < 1.29 is 19.7 Å². The Morgan fingerprint density at radius 1 is 1.17 bits per heavy atom. The zero-order chi connectivity index (χ0) is 25.1. The van der Waals surface area contributed by atoms with Crippen LogP contribution in [0.15, 0.2) is 54.9 Å². The SMILES string of the molecule is COc1ccc2nccc([C@@H](O)CN3CCC(NCc4cc5cccnc5n4CC(=O)O)CC3)c2c1. The van der Waals surface area contributed by atoms with Gasteiger partial charge in [0.2, 0.25) is 0 Å². The molecule has 188 valence electrons. The topological polar surface area (TPSA) is 113 Å². The number of pyridine rings is 2. The lowest BCUT2D eigenvalue weighted by molar-refractivity contribution is -0.137. The molecule has 1 fully saturated rings. The number of rotatable bonds is 9. The fourth-order valence-corrected chi connectivity index (χ4v) is 5.07. The highest BCUT2D eigenvalue weighted by atomic mass is 16.5. The van der Waals surface area contributed by atoms with Crippen LogP contribution in [0.5, 0.6) is 5.75 Å². The van der Waals surface area contributed by atoms with Crippen LogP contribution in [-0.2, 0) is 17.9 Å². The van der Waals surface area contributed by atoms with E-state index >= 15 is 0 Å². The second-order valence-electron chi connectivity index (χ2n) is 9.29. The van der Waals surface area contributed by atoms with E-state index in [9.17, 15) is 15.0 Å². The van der Waals surface area contributed by atoms with Crippen LogP contribution >= 0.6 is 0 Å². The van der Waals surface area contributed by atoms with E-state index in [0.717, 1.165) is 59.2 Å². The number of piperidine rings is 1. The largest absolute Gasteiger partial charge is 0.497 e. The summed E-state index contributed by atoms with van der Waals surface area (Å²) < 4.78 is 7.12. The number of aliphatic hydroxyl groups is 1. The van der Waals surface area contributed by atoms with Gasteiger partial charge in [0.15, 0.2) is 0 Å². The average molecular weight is 490 g/mol. The number of aromatic nitrogens is 3. The van der Waals surface area contributed by atoms with E-state index in [-0.39, 0.29) is 6.54 Å². The Balaban J connectivity index is 1.18. The van der Waals surface area contributed by atoms with Gasteiger partial charge in [0.05, 0.1) is 18.7 Å². The highest BCUT2D eigenvalue weighted by Crippen LogP contribution is 2.28. The smallest absolute Gasteiger partial charge is 0.323 e. The summed E-state index contributed by atoms with van der Waals surface area (Å²) in [6.07, 6.45) is 4.71. The van der Waals surface area contributed by atoms with Crippen LogP contribution in [0.25, 0.3) is 21.9 Å². The molecule has 9 nitrogen and oxygen atoms in total. The molecule has 1 aliphatic heterocycles. The normalized spacial score (nSPS) is 15.9. The van der Waals surface area contributed by atoms with Gasteiger partial charge in [-0.25, -0.2) is 4.98 Å². The predicted octanol–water partition coefficient (Wildman–Crippen LogP) is 2.97. The molecular formula is C27H31N5O4. The van der Waals surface area contributed by atoms with Crippen LogP contribution in [0.1, 0.15) is 30.2 Å². The molecule has 0 aliphatic carbocycles. The molecular weight excluding hydrogens is 458 g/mol. The molecule has 1 saturated heterocycles. The summed E-state index contributed by atoms with van der Waals surface area (Å²) in [4.78, 5) is 22.5. The minimum absolute atomic E-state index is 0.108. The predicted molar refractivity (Wildman–Crippen MR) is 137 cm³/mol. The average Bonchev–Trinajstić information content (AvgIpc) is 3.24. The van der Waals surface area contributed by atoms with E-state index in [4.69, 9.17) is 4.74 Å². The molecule has 3 N–H and O–H groups in total. The molecule has 5 rings (SSSR count). The van der Waals surface area contributed by atoms with Crippen molar-refractivity contribution >= 4 is 27.9 Å². The molecule has 1 atom stereocenters. The Morgan fingerprint density at radius 3 is 2.78 bits per heavy atom. The number of carboxylic acids is 1. The third-order valence-electron chi connectivity index (χ3n) is 6.97. The maximum absolute atomic E-state index is 11.4. The van der Waals surface area contributed by atoms with Gasteiger partial charge >= 0.3 is 5.97 Å². The Bertz CT molecular complexity index is 1360. The van der Waals surface area contributed by atoms with E-state index in [1.54, 1.807) is 24.1 Å². The minimum atomic E-state index is -0.883. The second-order valence-corrected chi connectivity index (χ2v) is 9.29. The Kier molecular flexibility index (Phi) is 7.13. The van der Waals surface area contributed by atoms with Crippen molar-refractivity contribution in [2.75, 3.05) is 26.7 Å². The number of nitrogens with zero attached hydrogens (tertiary/aromatic N) is 4. The summed E-state index contributed by atoms with van der Waals surface area (Å²) in [5.74, 6) is -0.138. The molecule has 1 aromatic carbocycles. The molecule has 1 aliphatic rings. The maximum Gasteiger partial charge on any atom is 0.323 e. The molecule has 3 aromatic heterocycles. The van der Waals surface area contributed by atoms with E-state index in [2.05, 4.69) is 20.2 Å². The van der Waals surface area contributed by atoms with Crippen molar-refractivity contribution in [1.29, 1.82) is 0 Å². The van der Waals surface area contributed by atoms with Crippen LogP contribution in [-0.4, -0.2) is 68.4 Å². The fourth-order valence-electron chi connectivity index (χ4n) is 5.07. The van der Waals surface area contributed by atoms with Gasteiger partial charge in [0, 0.05) is 48.0 Å². The number of hydrogen-bond acceptors (Lipinski definition) is 7. The molecule has 0 unspecified atom stereocenters. The van der Waals surface area contributed by atoms with Gasteiger partial charge in [-0.2, -0.15) is 0 Å². The van der Waals surface area contributed by atoms with Crippen molar-refractivity contribution in [2.24, 2.45) is 0 Å². The van der Waals surface area contributed by atoms with E-state index < -0.39 is 12.1 Å². The first-order valence-corrected chi connectivity index (χ1v) is 12.2. The summed E-state index contributed by atoms with van der Waals surface area (Å²) in [7, 11) is 1.63. The molecule has 0 amide bonds. The number of hydrogen-bond donors (Lipinski definition) is 3. The van der Waals surface area contributed by atoms with Crippen molar-refractivity contribution in [2.45, 2.75) is 38.1 Å². The van der Waals surface area contributed by atoms with Crippen molar-refractivity contribution in [3.63, 3.8) is 0 Å². The van der Waals surface area contributed by atoms with E-state index in [0.29, 0.717) is 24.8 Å². The number of aliphatic hydroxyl groups excluding tert-OH is 1. The van der Waals surface area contributed by atoms with Gasteiger partial charge < -0.3 is 29.7 Å². The van der Waals surface area contributed by atoms with Crippen LogP contribution in [0.3, 0.4) is 0 Å². The summed E-state index contributed by atoms with van der Waals surface area (Å²) in [6.45, 7) is 2.79. The Morgan fingerprint density at radius 2 is 2.00 bits per heavy atom. The first-order chi connectivity index (χ1) is 17.5. The van der Waals surface area contributed by atoms with Gasteiger partial charge in [-0.3, -0.25) is 9.78 Å². The lowest BCUT2D eigenvalue weighted by Gasteiger charge is -2.33. The molecule has 0 spiro atoms. The number of fused-ring (bicyclic) bond motifs is 2. The lowest BCUT2D eigenvalue weighted by Crippen LogP contribution is -2.43. The molecule has 0 radical (unpaired) electrons. The zero-order valence-corrected chi connectivity index (χ0v) is 20.3. The number of methoxy groups -OCH3 is 1. The van der Waals surface area contributed by atoms with Crippen LogP contribution in [0.4, 0.5) is 0 Å². The standard InChI is InChI=1S/C27H31N5O4/c1-36-21-4-5-24-23(14-21)22(6-10-28-24)25(33)16-31-11-7-19(8-12-31)30-15-20-13-18-3-2-9-29-27(18)32(20)17-26(34)35/h2-6,9-10,13-14,19,25,30,33H,7-8,11-12,15-17H2,1H3,(H,34,35)/t25-/m0/s1. The number of β-amino-alcohol motifs (C(OH)–C–C–N with tert-alkyl or cyclic N) is 1. The number of carboxylic acid groups (broad SMARTS) is 1. The van der Waals surface area contributed by atoms with Crippen LogP contribution in [0.2, 0.25) is 0 Å². The molecule has 4 aromatic rings. The van der Waals surface area contributed by atoms with Gasteiger partial charge in [-0.05, 0) is 74.0 Å². The highest BCUT2D eigenvalue weighted by Gasteiger charge is 2.23. The summed E-state index contributed by atoms with van der Waals surface area (Å²) in [5.41, 5.74) is 3.32. The molecule has 4 heterocycles. The lowest BCUT2D eigenvalue weighted by atomic mass is 10.0. The van der Waals surface area contributed by atoms with Crippen molar-refractivity contribution in [3.05, 3.63) is 66.1 Å². The summed E-state index contributed by atoms with van der Waals surface area (Å²) in [5, 5.41) is 25.8. The molecule has 9 heteroatoms. The molecule has 36 heavy (non-hydrogen) atoms. The van der Waals surface area contributed by atoms with Crippen molar-refractivity contribution in [1.82, 2.24) is 24.8 Å². The first kappa shape index (κ1) is 24.2. The van der Waals surface area contributed by atoms with Crippen LogP contribution in [0, 0.1) is 0 Å².